The highest BCUT2D eigenvalue weighted by molar-refractivity contribution is 5.87. The monoisotopic (exact) mass is 211 g/mol. The van der Waals surface area contributed by atoms with Gasteiger partial charge in [0.05, 0.1) is 6.61 Å². The summed E-state index contributed by atoms with van der Waals surface area (Å²) in [7, 11) is 0. The molecule has 0 amide bonds. The summed E-state index contributed by atoms with van der Waals surface area (Å²) in [4.78, 5) is 14.8. The fourth-order valence-electron chi connectivity index (χ4n) is 1.52. The Labute approximate surface area is 87.1 Å². The molecule has 2 rings (SSSR count). The summed E-state index contributed by atoms with van der Waals surface area (Å²) in [5.41, 5.74) is -0.112. The van der Waals surface area contributed by atoms with E-state index >= 15 is 0 Å². The fraction of sp³-hybridized carbons (Fsp3) is 0.600. The molecule has 82 valence electrons. The Bertz CT molecular complexity index is 367. The number of rotatable bonds is 4. The van der Waals surface area contributed by atoms with E-state index in [0.717, 1.165) is 19.3 Å². The Kier molecular flexibility index (Phi) is 2.62. The van der Waals surface area contributed by atoms with E-state index in [9.17, 15) is 4.79 Å². The van der Waals surface area contributed by atoms with Crippen molar-refractivity contribution in [2.75, 3.05) is 6.61 Å². The van der Waals surface area contributed by atoms with Crippen LogP contribution >= 0.6 is 0 Å². The second-order valence-corrected chi connectivity index (χ2v) is 3.55. The van der Waals surface area contributed by atoms with Gasteiger partial charge in [-0.15, -0.1) is 0 Å². The van der Waals surface area contributed by atoms with Gasteiger partial charge in [0.25, 0.3) is 0 Å². The molecule has 1 heterocycles. The van der Waals surface area contributed by atoms with Gasteiger partial charge < -0.3 is 14.3 Å². The number of carbonyl (C=O) groups is 1. The molecule has 0 spiro atoms. The van der Waals surface area contributed by atoms with Crippen LogP contribution in [-0.2, 0) is 0 Å². The van der Waals surface area contributed by atoms with E-state index < -0.39 is 5.97 Å². The van der Waals surface area contributed by atoms with E-state index in [1.54, 1.807) is 6.92 Å². The van der Waals surface area contributed by atoms with Crippen LogP contribution in [0, 0.1) is 0 Å². The van der Waals surface area contributed by atoms with Gasteiger partial charge in [-0.2, -0.15) is 0 Å². The highest BCUT2D eigenvalue weighted by atomic mass is 16.6. The van der Waals surface area contributed by atoms with Gasteiger partial charge >= 0.3 is 11.9 Å². The van der Waals surface area contributed by atoms with Gasteiger partial charge in [0.15, 0.2) is 0 Å². The van der Waals surface area contributed by atoms with Gasteiger partial charge in [0.1, 0.15) is 0 Å². The minimum absolute atomic E-state index is 0.0342. The lowest BCUT2D eigenvalue weighted by Crippen LogP contribution is -2.09. The first-order valence-electron chi connectivity index (χ1n) is 5.09. The smallest absolute Gasteiger partial charge is 0.362 e. The van der Waals surface area contributed by atoms with Crippen LogP contribution in [0.5, 0.6) is 5.95 Å². The van der Waals surface area contributed by atoms with E-state index in [1.165, 1.54) is 0 Å². The predicted octanol–water partition coefficient (Wildman–Crippen LogP) is 2.04. The van der Waals surface area contributed by atoms with E-state index in [0.29, 0.717) is 12.5 Å². The van der Waals surface area contributed by atoms with E-state index in [-0.39, 0.29) is 17.6 Å². The Balaban J connectivity index is 2.26. The maximum absolute atomic E-state index is 10.8. The molecule has 1 aliphatic carbocycles. The highest BCUT2D eigenvalue weighted by Gasteiger charge is 2.29. The number of hydrogen-bond donors (Lipinski definition) is 1. The summed E-state index contributed by atoms with van der Waals surface area (Å²) in [5.74, 6) is -0.293. The minimum Gasteiger partial charge on any atom is -0.476 e. The summed E-state index contributed by atoms with van der Waals surface area (Å²) in [6.45, 7) is 2.15. The summed E-state index contributed by atoms with van der Waals surface area (Å²) in [6.07, 6.45) is 3.19. The molecule has 1 aliphatic rings. The average Bonchev–Trinajstić information content (AvgIpc) is 2.46. The van der Waals surface area contributed by atoms with Crippen molar-refractivity contribution in [1.82, 2.24) is 4.98 Å². The topological polar surface area (TPSA) is 72.6 Å². The van der Waals surface area contributed by atoms with Gasteiger partial charge in [-0.05, 0) is 19.8 Å². The lowest BCUT2D eigenvalue weighted by atomic mass is 9.85. The van der Waals surface area contributed by atoms with Crippen LogP contribution in [0.3, 0.4) is 0 Å². The summed E-state index contributed by atoms with van der Waals surface area (Å²) >= 11 is 0. The number of carboxylic acid groups (broad SMARTS) is 1. The normalized spacial score (nSPS) is 16.1. The van der Waals surface area contributed by atoms with Crippen LogP contribution in [-0.4, -0.2) is 22.7 Å². The summed E-state index contributed by atoms with van der Waals surface area (Å²) < 4.78 is 10.4. The van der Waals surface area contributed by atoms with Crippen molar-refractivity contribution in [2.24, 2.45) is 0 Å². The quantitative estimate of drug-likeness (QED) is 0.824. The van der Waals surface area contributed by atoms with Crippen LogP contribution in [0.15, 0.2) is 4.42 Å². The third-order valence-electron chi connectivity index (χ3n) is 2.55. The predicted molar refractivity (Wildman–Crippen MR) is 51.2 cm³/mol. The molecule has 0 saturated heterocycles. The van der Waals surface area contributed by atoms with E-state index in [2.05, 4.69) is 4.98 Å². The van der Waals surface area contributed by atoms with Crippen LogP contribution < -0.4 is 4.74 Å². The molecule has 1 fully saturated rings. The molecule has 0 radical (unpaired) electrons. The first-order chi connectivity index (χ1) is 7.22. The SMILES string of the molecule is CCOc1oc(C2CCC2)nc1C(=O)O. The second-order valence-electron chi connectivity index (χ2n) is 3.55. The number of ether oxygens (including phenoxy) is 1. The third-order valence-corrected chi connectivity index (χ3v) is 2.55. The van der Waals surface area contributed by atoms with Crippen molar-refractivity contribution < 1.29 is 19.1 Å². The molecule has 0 bridgehead atoms. The maximum atomic E-state index is 10.8. The molecule has 0 atom stereocenters. The number of nitrogens with zero attached hydrogens (tertiary/aromatic N) is 1. The molecule has 1 saturated carbocycles. The van der Waals surface area contributed by atoms with Crippen LogP contribution in [0.4, 0.5) is 0 Å². The molecule has 1 N–H and O–H groups in total. The lowest BCUT2D eigenvalue weighted by Gasteiger charge is -2.21. The van der Waals surface area contributed by atoms with Gasteiger partial charge in [0, 0.05) is 5.92 Å². The minimum atomic E-state index is -1.10. The number of hydrogen-bond acceptors (Lipinski definition) is 4. The summed E-state index contributed by atoms with van der Waals surface area (Å²) in [5, 5.41) is 8.88. The van der Waals surface area contributed by atoms with Gasteiger partial charge in [-0.3, -0.25) is 0 Å². The zero-order chi connectivity index (χ0) is 10.8. The number of carboxylic acids is 1. The highest BCUT2D eigenvalue weighted by Crippen LogP contribution is 2.38. The Morgan fingerprint density at radius 3 is 2.87 bits per heavy atom. The molecule has 0 aliphatic heterocycles. The second kappa shape index (κ2) is 3.92. The van der Waals surface area contributed by atoms with Crippen molar-refractivity contribution in [2.45, 2.75) is 32.1 Å². The third kappa shape index (κ3) is 1.82. The first-order valence-corrected chi connectivity index (χ1v) is 5.09. The molecule has 0 unspecified atom stereocenters. The molecule has 1 aromatic heterocycles. The fourth-order valence-corrected chi connectivity index (χ4v) is 1.52. The molecule has 15 heavy (non-hydrogen) atoms. The molecule has 1 aromatic rings. The van der Waals surface area contributed by atoms with Crippen LogP contribution in [0.1, 0.15) is 48.5 Å². The largest absolute Gasteiger partial charge is 0.476 e. The molecular weight excluding hydrogens is 198 g/mol. The Hall–Kier alpha value is -1.52. The zero-order valence-electron chi connectivity index (χ0n) is 8.52. The zero-order valence-corrected chi connectivity index (χ0v) is 8.52. The van der Waals surface area contributed by atoms with Crippen molar-refractivity contribution >= 4 is 5.97 Å². The molecule has 0 aromatic carbocycles. The maximum Gasteiger partial charge on any atom is 0.362 e. The first kappa shape index (κ1) is 10.0. The van der Waals surface area contributed by atoms with Crippen molar-refractivity contribution in [3.63, 3.8) is 0 Å². The van der Waals surface area contributed by atoms with E-state index in [4.69, 9.17) is 14.3 Å². The van der Waals surface area contributed by atoms with Crippen LogP contribution in [0.25, 0.3) is 0 Å². The Morgan fingerprint density at radius 2 is 2.40 bits per heavy atom. The van der Waals surface area contributed by atoms with Gasteiger partial charge in [0.2, 0.25) is 11.6 Å². The number of aromatic carboxylic acids is 1. The summed E-state index contributed by atoms with van der Waals surface area (Å²) in [6, 6.07) is 0. The standard InChI is InChI=1S/C10H13NO4/c1-2-14-10-7(9(12)13)11-8(15-10)6-4-3-5-6/h6H,2-5H2,1H3,(H,12,13). The van der Waals surface area contributed by atoms with Gasteiger partial charge in [-0.25, -0.2) is 9.78 Å². The van der Waals surface area contributed by atoms with Gasteiger partial charge in [-0.1, -0.05) is 6.42 Å². The molecule has 5 heteroatoms. The number of oxazole rings is 1. The molecule has 5 nitrogen and oxygen atoms in total. The Morgan fingerprint density at radius 1 is 1.67 bits per heavy atom. The van der Waals surface area contributed by atoms with Crippen molar-refractivity contribution in [1.29, 1.82) is 0 Å². The van der Waals surface area contributed by atoms with Crippen molar-refractivity contribution in [3.05, 3.63) is 11.6 Å². The lowest BCUT2D eigenvalue weighted by molar-refractivity contribution is 0.0683. The average molecular weight is 211 g/mol. The van der Waals surface area contributed by atoms with Crippen LogP contribution in [0.2, 0.25) is 0 Å². The van der Waals surface area contributed by atoms with E-state index in [1.807, 2.05) is 0 Å². The number of aromatic nitrogens is 1. The molecular formula is C10H13NO4. The van der Waals surface area contributed by atoms with Crippen molar-refractivity contribution in [3.8, 4) is 5.95 Å².